The van der Waals surface area contributed by atoms with Crippen LogP contribution in [-0.4, -0.2) is 53.6 Å². The molecule has 7 rings (SSSR count). The average molecular weight is 586 g/mol. The zero-order valence-electron chi connectivity index (χ0n) is 27.8. The predicted octanol–water partition coefficient (Wildman–Crippen LogP) is 5.07. The molecular formula is C34H48B2N2O5. The lowest BCUT2D eigenvalue weighted by atomic mass is 9.53. The van der Waals surface area contributed by atoms with Crippen molar-refractivity contribution in [2.45, 2.75) is 129 Å². The summed E-state index contributed by atoms with van der Waals surface area (Å²) in [6, 6.07) is 12.9. The fourth-order valence-electron chi connectivity index (χ4n) is 7.89. The number of aryl methyl sites for hydroxylation is 2. The van der Waals surface area contributed by atoms with Gasteiger partial charge in [-0.25, -0.2) is 4.79 Å². The maximum atomic E-state index is 13.2. The first kappa shape index (κ1) is 30.7. The van der Waals surface area contributed by atoms with Crippen LogP contribution in [0.25, 0.3) is 0 Å². The lowest BCUT2D eigenvalue weighted by Crippen LogP contribution is -2.73. The van der Waals surface area contributed by atoms with Crippen LogP contribution in [0.5, 0.6) is 0 Å². The molecule has 2 aromatic rings. The smallest absolute Gasteiger partial charge is 0.399 e. The second-order valence-corrected chi connectivity index (χ2v) is 15.5. The number of primary amides is 1. The maximum absolute atomic E-state index is 13.2. The topological polar surface area (TPSA) is 83.2 Å². The number of fused-ring (bicyclic) bond motifs is 2. The second kappa shape index (κ2) is 9.59. The van der Waals surface area contributed by atoms with Crippen molar-refractivity contribution in [2.75, 3.05) is 0 Å². The minimum atomic E-state index is -0.581. The maximum Gasteiger partial charge on any atom is 0.495 e. The van der Waals surface area contributed by atoms with E-state index in [0.29, 0.717) is 5.92 Å². The number of nitrogens with two attached hydrogens (primary N) is 1. The van der Waals surface area contributed by atoms with Gasteiger partial charge >= 0.3 is 20.3 Å². The van der Waals surface area contributed by atoms with E-state index in [9.17, 15) is 4.79 Å². The number of carbonyl (C=O) groups is 1. The summed E-state index contributed by atoms with van der Waals surface area (Å²) in [4.78, 5) is 15.1. The standard InChI is InChI=1S/C34H48B2N2O5/c1-20-12-14-23(17-26(20)35-40-30(4,5)31(6,7)41-35)28-22(3)16-25-19-34(28,38(25)29(37)39)24-15-13-21(2)27(18-24)36-42-32(8,9)33(10,11)43-36/h12-15,17-18,22,25,28H,16,19H2,1-11H3,(H2,37,39). The highest BCUT2D eigenvalue weighted by Crippen LogP contribution is 2.62. The van der Waals surface area contributed by atoms with Crippen molar-refractivity contribution in [2.24, 2.45) is 11.7 Å². The molecule has 4 atom stereocenters. The largest absolute Gasteiger partial charge is 0.495 e. The molecule has 2 aromatic carbocycles. The fourth-order valence-corrected chi connectivity index (χ4v) is 7.89. The molecule has 9 heteroatoms. The summed E-state index contributed by atoms with van der Waals surface area (Å²) in [5, 5.41) is 0. The van der Waals surface area contributed by atoms with Gasteiger partial charge in [-0.1, -0.05) is 54.4 Å². The molecule has 2 N–H and O–H groups in total. The normalized spacial score (nSPS) is 31.7. The van der Waals surface area contributed by atoms with Gasteiger partial charge in [0.1, 0.15) is 0 Å². The zero-order valence-corrected chi connectivity index (χ0v) is 27.8. The van der Waals surface area contributed by atoms with Crippen LogP contribution in [0.3, 0.4) is 0 Å². The molecule has 0 aromatic heterocycles. The van der Waals surface area contributed by atoms with Gasteiger partial charge in [0.25, 0.3) is 0 Å². The lowest BCUT2D eigenvalue weighted by molar-refractivity contribution is -0.115. The summed E-state index contributed by atoms with van der Waals surface area (Å²) < 4.78 is 26.0. The van der Waals surface area contributed by atoms with E-state index >= 15 is 0 Å². The van der Waals surface area contributed by atoms with E-state index in [4.69, 9.17) is 24.4 Å². The van der Waals surface area contributed by atoms with Crippen molar-refractivity contribution >= 4 is 31.2 Å². The molecule has 2 amide bonds. The third-order valence-corrected chi connectivity index (χ3v) is 11.8. The Bertz CT molecular complexity index is 1440. The molecular weight excluding hydrogens is 538 g/mol. The Kier molecular flexibility index (Phi) is 6.85. The van der Waals surface area contributed by atoms with E-state index in [-0.39, 0.29) is 18.0 Å². The van der Waals surface area contributed by atoms with Gasteiger partial charge in [-0.2, -0.15) is 0 Å². The SMILES string of the molecule is Cc1ccc(C2C(C)CC3CC2(c2ccc(C)c(B4OC(C)(C)C(C)(C)O4)c2)N3C(N)=O)cc1B1OC(C)(C)C(C)(C)O1. The summed E-state index contributed by atoms with van der Waals surface area (Å²) >= 11 is 0. The first-order valence-electron chi connectivity index (χ1n) is 15.8. The van der Waals surface area contributed by atoms with Crippen molar-refractivity contribution in [3.05, 3.63) is 58.7 Å². The van der Waals surface area contributed by atoms with Gasteiger partial charge in [0.15, 0.2) is 0 Å². The molecule has 230 valence electrons. The van der Waals surface area contributed by atoms with E-state index in [1.165, 1.54) is 5.56 Å². The summed E-state index contributed by atoms with van der Waals surface area (Å²) in [6.45, 7) is 23.1. The molecule has 5 fully saturated rings. The van der Waals surface area contributed by atoms with Gasteiger partial charge in [-0.15, -0.1) is 0 Å². The third-order valence-electron chi connectivity index (χ3n) is 11.8. The lowest BCUT2D eigenvalue weighted by Gasteiger charge is -2.67. The Labute approximate surface area is 258 Å². The Balaban J connectivity index is 1.46. The molecule has 2 bridgehead atoms. The highest BCUT2D eigenvalue weighted by Gasteiger charge is 2.64. The van der Waals surface area contributed by atoms with E-state index in [1.54, 1.807) is 0 Å². The molecule has 0 spiro atoms. The number of nitrogens with zero attached hydrogens (tertiary/aromatic N) is 1. The van der Waals surface area contributed by atoms with Crippen molar-refractivity contribution < 1.29 is 23.4 Å². The van der Waals surface area contributed by atoms with E-state index in [0.717, 1.165) is 40.5 Å². The van der Waals surface area contributed by atoms with Crippen LogP contribution in [0.15, 0.2) is 36.4 Å². The number of carbonyl (C=O) groups excluding carboxylic acids is 1. The summed E-state index contributed by atoms with van der Waals surface area (Å²) in [5.74, 6) is 0.352. The van der Waals surface area contributed by atoms with Crippen molar-refractivity contribution in [3.63, 3.8) is 0 Å². The molecule has 1 aliphatic carbocycles. The number of piperidine rings is 1. The molecule has 7 nitrogen and oxygen atoms in total. The second-order valence-electron chi connectivity index (χ2n) is 15.5. The summed E-state index contributed by atoms with van der Waals surface area (Å²) in [6.07, 6.45) is 1.77. The molecule has 4 unspecified atom stereocenters. The first-order valence-corrected chi connectivity index (χ1v) is 15.8. The fraction of sp³-hybridized carbons (Fsp3) is 0.618. The van der Waals surface area contributed by atoms with Gasteiger partial charge in [0.05, 0.1) is 27.9 Å². The highest BCUT2D eigenvalue weighted by atomic mass is 16.7. The average Bonchev–Trinajstić information content (AvgIpc) is 3.22. The van der Waals surface area contributed by atoms with Crippen molar-refractivity contribution in [3.8, 4) is 0 Å². The van der Waals surface area contributed by atoms with Crippen LogP contribution in [0, 0.1) is 19.8 Å². The van der Waals surface area contributed by atoms with Crippen LogP contribution in [0.4, 0.5) is 4.79 Å². The van der Waals surface area contributed by atoms with Crippen LogP contribution in [0.2, 0.25) is 0 Å². The number of amides is 2. The van der Waals surface area contributed by atoms with Crippen molar-refractivity contribution in [1.82, 2.24) is 4.90 Å². The van der Waals surface area contributed by atoms with Gasteiger partial charge < -0.3 is 29.3 Å². The quantitative estimate of drug-likeness (QED) is 0.506. The Hall–Kier alpha value is -2.32. The first-order chi connectivity index (χ1) is 19.8. The van der Waals surface area contributed by atoms with E-state index in [2.05, 4.69) is 113 Å². The van der Waals surface area contributed by atoms with Gasteiger partial charge in [-0.3, -0.25) is 0 Å². The number of hydrogen-bond acceptors (Lipinski definition) is 5. The third kappa shape index (κ3) is 4.44. The summed E-state index contributed by atoms with van der Waals surface area (Å²) in [7, 11) is -0.955. The van der Waals surface area contributed by atoms with Crippen LogP contribution >= 0.6 is 0 Å². The molecule has 0 radical (unpaired) electrons. The Morgan fingerprint density at radius 2 is 1.26 bits per heavy atom. The van der Waals surface area contributed by atoms with Gasteiger partial charge in [0.2, 0.25) is 0 Å². The minimum absolute atomic E-state index is 0.0284. The Morgan fingerprint density at radius 3 is 1.74 bits per heavy atom. The number of rotatable bonds is 4. The molecule has 43 heavy (non-hydrogen) atoms. The number of hydrogen-bond donors (Lipinski definition) is 1. The number of urea groups is 1. The molecule has 4 saturated heterocycles. The zero-order chi connectivity index (χ0) is 31.5. The van der Waals surface area contributed by atoms with Crippen LogP contribution in [-0.2, 0) is 24.2 Å². The van der Waals surface area contributed by atoms with Crippen LogP contribution < -0.4 is 16.7 Å². The summed E-state index contributed by atoms with van der Waals surface area (Å²) in [5.41, 5.74) is 10.3. The van der Waals surface area contributed by atoms with Crippen molar-refractivity contribution in [1.29, 1.82) is 0 Å². The van der Waals surface area contributed by atoms with E-state index in [1.807, 2.05) is 4.90 Å². The number of benzene rings is 2. The van der Waals surface area contributed by atoms with E-state index < -0.39 is 42.2 Å². The molecule has 4 heterocycles. The van der Waals surface area contributed by atoms with Gasteiger partial charge in [-0.05, 0) is 110 Å². The molecule has 1 saturated carbocycles. The Morgan fingerprint density at radius 1 is 0.791 bits per heavy atom. The highest BCUT2D eigenvalue weighted by molar-refractivity contribution is 6.63. The predicted molar refractivity (Wildman–Crippen MR) is 172 cm³/mol. The van der Waals surface area contributed by atoms with Crippen LogP contribution in [0.1, 0.15) is 103 Å². The monoisotopic (exact) mass is 586 g/mol. The van der Waals surface area contributed by atoms with Gasteiger partial charge in [0, 0.05) is 12.0 Å². The molecule has 5 aliphatic rings. The minimum Gasteiger partial charge on any atom is -0.399 e. The molecule has 4 aliphatic heterocycles.